The Kier molecular flexibility index (Phi) is 13.6. The van der Waals surface area contributed by atoms with Gasteiger partial charge in [0.1, 0.15) is 19.0 Å². The number of halogens is 3. The standard InChI is InChI=1S/C39H43F3N2O11S2/c1-52-35-22-31-29(21-34(35)45)20-32(37(46)53-15-17-56(2,48)49)33(38(47)54-16-18-57(3,50)51)25-44(24-27-7-6-8-30(19-27)55-39(40,41)42)36(31)28-11-9-26(10-12-28)23-43-13-4-5-14-43/h6-12,19-22,25,36,45H,4-5,13-18,23-24H2,1-3H3. The number of nitrogens with zero attached hydrogens (tertiary/aromatic N) is 2. The summed E-state index contributed by atoms with van der Waals surface area (Å²) < 4.78 is 108. The molecule has 0 spiro atoms. The first kappa shape index (κ1) is 43.1. The molecule has 2 aliphatic heterocycles. The average Bonchev–Trinajstić information content (AvgIpc) is 3.61. The fraction of sp³-hybridized carbons (Fsp3) is 0.385. The predicted octanol–water partition coefficient (Wildman–Crippen LogP) is 4.94. The SMILES string of the molecule is COc1cc2c(cc1O)C=C(C(=O)OCCS(C)(=O)=O)C(C(=O)OCCS(C)(=O)=O)=CN(Cc1cccc(OC(F)(F)F)c1)C2c1ccc(CN2CCCC2)cc1. The Balaban J connectivity index is 1.73. The van der Waals surface area contributed by atoms with Gasteiger partial charge in [0, 0.05) is 31.8 Å². The van der Waals surface area contributed by atoms with Crippen LogP contribution in [0.5, 0.6) is 17.2 Å². The van der Waals surface area contributed by atoms with Crippen LogP contribution in [0.1, 0.15) is 46.7 Å². The lowest BCUT2D eigenvalue weighted by Crippen LogP contribution is -2.30. The number of fused-ring (bicyclic) bond motifs is 1. The van der Waals surface area contributed by atoms with Gasteiger partial charge in [-0.1, -0.05) is 36.4 Å². The number of hydrogen-bond acceptors (Lipinski definition) is 13. The van der Waals surface area contributed by atoms with E-state index in [0.29, 0.717) is 17.7 Å². The summed E-state index contributed by atoms with van der Waals surface area (Å²) in [6.07, 6.45) is 1.61. The maximum absolute atomic E-state index is 14.0. The Morgan fingerprint density at radius 3 is 2.02 bits per heavy atom. The van der Waals surface area contributed by atoms with E-state index in [1.54, 1.807) is 4.90 Å². The van der Waals surface area contributed by atoms with Crippen LogP contribution >= 0.6 is 0 Å². The third-order valence-electron chi connectivity index (χ3n) is 9.11. The molecule has 18 heteroatoms. The maximum Gasteiger partial charge on any atom is 0.573 e. The highest BCUT2D eigenvalue weighted by Crippen LogP contribution is 2.42. The van der Waals surface area contributed by atoms with Crippen molar-refractivity contribution in [3.05, 3.63) is 106 Å². The van der Waals surface area contributed by atoms with E-state index >= 15 is 0 Å². The van der Waals surface area contributed by atoms with Crippen LogP contribution in [0.15, 0.2) is 78.0 Å². The Morgan fingerprint density at radius 1 is 0.825 bits per heavy atom. The monoisotopic (exact) mass is 836 g/mol. The summed E-state index contributed by atoms with van der Waals surface area (Å²) in [7, 11) is -5.85. The number of benzene rings is 3. The number of ether oxygens (including phenoxy) is 4. The van der Waals surface area contributed by atoms with Crippen LogP contribution < -0.4 is 9.47 Å². The van der Waals surface area contributed by atoms with Crippen molar-refractivity contribution in [2.75, 3.05) is 57.4 Å². The van der Waals surface area contributed by atoms with Gasteiger partial charge in [-0.25, -0.2) is 26.4 Å². The fourth-order valence-corrected chi connectivity index (χ4v) is 7.24. The number of phenols is 1. The number of esters is 2. The van der Waals surface area contributed by atoms with E-state index in [-0.39, 0.29) is 29.2 Å². The summed E-state index contributed by atoms with van der Waals surface area (Å²) in [5.74, 6) is -4.23. The zero-order valence-corrected chi connectivity index (χ0v) is 33.1. The highest BCUT2D eigenvalue weighted by Gasteiger charge is 2.34. The van der Waals surface area contributed by atoms with Gasteiger partial charge < -0.3 is 29.0 Å². The van der Waals surface area contributed by atoms with E-state index in [0.717, 1.165) is 56.1 Å². The molecule has 2 heterocycles. The quantitative estimate of drug-likeness (QED) is 0.205. The summed E-state index contributed by atoms with van der Waals surface area (Å²) in [4.78, 5) is 31.7. The fourth-order valence-electron chi connectivity index (χ4n) is 6.47. The predicted molar refractivity (Wildman–Crippen MR) is 204 cm³/mol. The number of hydrogen-bond donors (Lipinski definition) is 1. The molecule has 0 radical (unpaired) electrons. The van der Waals surface area contributed by atoms with Crippen molar-refractivity contribution in [3.63, 3.8) is 0 Å². The van der Waals surface area contributed by atoms with Crippen LogP contribution in [0.25, 0.3) is 6.08 Å². The van der Waals surface area contributed by atoms with Crippen LogP contribution in [-0.4, -0.2) is 107 Å². The molecule has 1 atom stereocenters. The summed E-state index contributed by atoms with van der Waals surface area (Å²) >= 11 is 0. The van der Waals surface area contributed by atoms with Gasteiger partial charge in [-0.3, -0.25) is 4.90 Å². The van der Waals surface area contributed by atoms with E-state index < -0.39 is 85.6 Å². The molecule has 1 saturated heterocycles. The van der Waals surface area contributed by atoms with E-state index in [1.165, 1.54) is 43.7 Å². The highest BCUT2D eigenvalue weighted by atomic mass is 32.2. The van der Waals surface area contributed by atoms with E-state index in [4.69, 9.17) is 14.2 Å². The Morgan fingerprint density at radius 2 is 1.44 bits per heavy atom. The van der Waals surface area contributed by atoms with Crippen molar-refractivity contribution in [1.82, 2.24) is 9.80 Å². The smallest absolute Gasteiger partial charge is 0.504 e. The second-order valence-electron chi connectivity index (χ2n) is 13.8. The lowest BCUT2D eigenvalue weighted by molar-refractivity contribution is -0.274. The van der Waals surface area contributed by atoms with Gasteiger partial charge in [0.15, 0.2) is 31.2 Å². The molecule has 0 bridgehead atoms. The Hall–Kier alpha value is -5.07. The van der Waals surface area contributed by atoms with Gasteiger partial charge in [0.05, 0.1) is 35.8 Å². The van der Waals surface area contributed by atoms with Gasteiger partial charge in [0.2, 0.25) is 0 Å². The third-order valence-corrected chi connectivity index (χ3v) is 10.9. The molecule has 5 rings (SSSR count). The summed E-state index contributed by atoms with van der Waals surface area (Å²) in [6.45, 7) is 1.23. The van der Waals surface area contributed by atoms with E-state index in [2.05, 4.69) is 9.64 Å². The molecule has 1 unspecified atom stereocenters. The van der Waals surface area contributed by atoms with E-state index in [9.17, 15) is 44.7 Å². The van der Waals surface area contributed by atoms with Crippen molar-refractivity contribution >= 4 is 37.7 Å². The van der Waals surface area contributed by atoms with Crippen molar-refractivity contribution in [2.45, 2.75) is 38.3 Å². The summed E-state index contributed by atoms with van der Waals surface area (Å²) in [5, 5.41) is 11.0. The summed E-state index contributed by atoms with van der Waals surface area (Å²) in [6, 6.07) is 14.7. The Labute approximate surface area is 329 Å². The normalized spacial score (nSPS) is 16.5. The minimum absolute atomic E-state index is 0.0422. The number of carbonyl (C=O) groups is 2. The molecule has 0 amide bonds. The number of rotatable bonds is 15. The van der Waals surface area contributed by atoms with Crippen molar-refractivity contribution < 1.29 is 63.6 Å². The highest BCUT2D eigenvalue weighted by molar-refractivity contribution is 7.90. The first-order chi connectivity index (χ1) is 26.8. The second kappa shape index (κ2) is 18.0. The third kappa shape index (κ3) is 12.5. The molecule has 0 saturated carbocycles. The first-order valence-electron chi connectivity index (χ1n) is 17.7. The number of alkyl halides is 3. The van der Waals surface area contributed by atoms with Gasteiger partial charge in [0.25, 0.3) is 0 Å². The average molecular weight is 837 g/mol. The minimum atomic E-state index is -4.99. The summed E-state index contributed by atoms with van der Waals surface area (Å²) in [5.41, 5.74) is 1.63. The number of sulfone groups is 2. The van der Waals surface area contributed by atoms with E-state index in [1.807, 2.05) is 24.3 Å². The molecule has 3 aromatic rings. The maximum atomic E-state index is 14.0. The molecule has 13 nitrogen and oxygen atoms in total. The number of aromatic hydroxyl groups is 1. The minimum Gasteiger partial charge on any atom is -0.504 e. The number of phenolic OH excluding ortho intramolecular Hbond substituents is 1. The molecule has 308 valence electrons. The molecule has 1 N–H and O–H groups in total. The zero-order chi connectivity index (χ0) is 41.5. The van der Waals surface area contributed by atoms with Gasteiger partial charge in [-0.15, -0.1) is 13.2 Å². The molecular formula is C39H43F3N2O11S2. The Bertz CT molecular complexity index is 2240. The van der Waals surface area contributed by atoms with Crippen LogP contribution in [-0.2, 0) is 51.8 Å². The molecule has 1 fully saturated rings. The van der Waals surface area contributed by atoms with Crippen molar-refractivity contribution in [2.24, 2.45) is 0 Å². The lowest BCUT2D eigenvalue weighted by atomic mass is 9.88. The van der Waals surface area contributed by atoms with Gasteiger partial charge in [-0.05, 0) is 84.1 Å². The largest absolute Gasteiger partial charge is 0.573 e. The van der Waals surface area contributed by atoms with Crippen LogP contribution in [0.2, 0.25) is 0 Å². The zero-order valence-electron chi connectivity index (χ0n) is 31.5. The van der Waals surface area contributed by atoms with Crippen LogP contribution in [0.4, 0.5) is 13.2 Å². The number of carbonyl (C=O) groups excluding carboxylic acids is 2. The van der Waals surface area contributed by atoms with Crippen molar-refractivity contribution in [3.8, 4) is 17.2 Å². The first-order valence-corrected chi connectivity index (χ1v) is 21.9. The number of methoxy groups -OCH3 is 1. The molecule has 2 aliphatic rings. The molecular weight excluding hydrogens is 794 g/mol. The topological polar surface area (TPSA) is 166 Å². The van der Waals surface area contributed by atoms with Crippen molar-refractivity contribution in [1.29, 1.82) is 0 Å². The number of likely N-dealkylation sites (tertiary alicyclic amines) is 1. The molecule has 57 heavy (non-hydrogen) atoms. The van der Waals surface area contributed by atoms with Crippen LogP contribution in [0, 0.1) is 0 Å². The molecule has 0 aromatic heterocycles. The second-order valence-corrected chi connectivity index (χ2v) is 18.3. The molecule has 0 aliphatic carbocycles. The molecule has 3 aromatic carbocycles. The van der Waals surface area contributed by atoms with Gasteiger partial charge in [-0.2, -0.15) is 0 Å². The van der Waals surface area contributed by atoms with Crippen LogP contribution in [0.3, 0.4) is 0 Å². The lowest BCUT2D eigenvalue weighted by Gasteiger charge is -2.35. The van der Waals surface area contributed by atoms with Gasteiger partial charge >= 0.3 is 18.3 Å².